The van der Waals surface area contributed by atoms with Gasteiger partial charge in [-0.3, -0.25) is 9.69 Å². The fourth-order valence-corrected chi connectivity index (χ4v) is 5.30. The van der Waals surface area contributed by atoms with Crippen LogP contribution in [0, 0.1) is 0 Å². The van der Waals surface area contributed by atoms with Crippen LogP contribution in [0.4, 0.5) is 8.78 Å². The Balaban J connectivity index is 2.24. The Kier molecular flexibility index (Phi) is 4.93. The molecule has 0 amide bonds. The van der Waals surface area contributed by atoms with Gasteiger partial charge in [-0.05, 0) is 12.5 Å². The van der Waals surface area contributed by atoms with Gasteiger partial charge in [0.1, 0.15) is 6.04 Å². The first-order valence-electron chi connectivity index (χ1n) is 6.69. The van der Waals surface area contributed by atoms with Crippen molar-refractivity contribution >= 4 is 27.4 Å². The van der Waals surface area contributed by atoms with Crippen LogP contribution in [0.15, 0.2) is 24.3 Å². The molecule has 5 nitrogen and oxygen atoms in total. The lowest BCUT2D eigenvalue weighted by Crippen LogP contribution is -2.41. The number of halogens is 3. The highest BCUT2D eigenvalue weighted by atomic mass is 35.5. The number of aliphatic carboxylic acids is 1. The van der Waals surface area contributed by atoms with E-state index in [4.69, 9.17) is 16.7 Å². The second kappa shape index (κ2) is 6.25. The minimum atomic E-state index is -3.92. The number of hydrogen-bond donors (Lipinski definition) is 1. The third-order valence-electron chi connectivity index (χ3n) is 3.92. The molecule has 1 unspecified atom stereocenters. The van der Waals surface area contributed by atoms with Gasteiger partial charge in [-0.2, -0.15) is 0 Å². The average Bonchev–Trinajstić information content (AvgIpc) is 2.83. The largest absolute Gasteiger partial charge is 0.480 e. The molecule has 2 aliphatic rings. The minimum absolute atomic E-state index is 0.0659. The van der Waals surface area contributed by atoms with Crippen molar-refractivity contribution in [2.45, 2.75) is 34.8 Å². The number of alkyl halides is 3. The van der Waals surface area contributed by atoms with Gasteiger partial charge in [0.2, 0.25) is 0 Å². The second-order valence-corrected chi connectivity index (χ2v) is 8.76. The minimum Gasteiger partial charge on any atom is -0.480 e. The van der Waals surface area contributed by atoms with Crippen molar-refractivity contribution in [2.75, 3.05) is 13.1 Å². The normalized spacial score (nSPS) is 32.7. The zero-order valence-corrected chi connectivity index (χ0v) is 13.1. The van der Waals surface area contributed by atoms with Gasteiger partial charge in [-0.15, -0.1) is 0 Å². The Morgan fingerprint density at radius 3 is 2.64 bits per heavy atom. The first-order valence-corrected chi connectivity index (χ1v) is 8.61. The highest BCUT2D eigenvalue weighted by Gasteiger charge is 2.50. The molecular formula is C13H16ClF2NO4S. The van der Waals surface area contributed by atoms with Gasteiger partial charge < -0.3 is 5.11 Å². The van der Waals surface area contributed by atoms with Gasteiger partial charge in [0, 0.05) is 13.0 Å². The maximum Gasteiger partial charge on any atom is 0.320 e. The number of carboxylic acids is 1. The van der Waals surface area contributed by atoms with E-state index in [9.17, 15) is 22.0 Å². The lowest BCUT2D eigenvalue weighted by Gasteiger charge is -2.27. The molecule has 9 heteroatoms. The lowest BCUT2D eigenvalue weighted by atomic mass is 10.2. The Labute approximate surface area is 132 Å². The van der Waals surface area contributed by atoms with E-state index in [1.807, 2.05) is 0 Å². The maximum absolute atomic E-state index is 12.7. The van der Waals surface area contributed by atoms with Gasteiger partial charge in [-0.1, -0.05) is 29.8 Å². The van der Waals surface area contributed by atoms with E-state index in [1.54, 1.807) is 12.2 Å². The van der Waals surface area contributed by atoms with E-state index in [-0.39, 0.29) is 19.4 Å². The molecule has 0 bridgehead atoms. The standard InChI is InChI=1S/C13H16ClF2NO4S/c14-13(4-2-1-3-5-13)22(20,21)9-6-10(12(18)19)17(7-9)8-11(15)16/h1-4,9-11H,5-8H2,(H,18,19)/t9-,10+,13?/m1/s1. The summed E-state index contributed by atoms with van der Waals surface area (Å²) in [6.45, 7) is -1.02. The lowest BCUT2D eigenvalue weighted by molar-refractivity contribution is -0.142. The van der Waals surface area contributed by atoms with Crippen LogP contribution in [0.5, 0.6) is 0 Å². The molecule has 1 aliphatic heterocycles. The van der Waals surface area contributed by atoms with Crippen molar-refractivity contribution in [3.63, 3.8) is 0 Å². The van der Waals surface area contributed by atoms with Crippen LogP contribution in [0.3, 0.4) is 0 Å². The fourth-order valence-electron chi connectivity index (χ4n) is 2.78. The SMILES string of the molecule is O=C(O)[C@@H]1C[C@@H](S(=O)(=O)C2(Cl)C=CC=CC2)CN1CC(F)F. The topological polar surface area (TPSA) is 74.7 Å². The number of carbonyl (C=O) groups is 1. The predicted molar refractivity (Wildman–Crippen MR) is 77.8 cm³/mol. The van der Waals surface area contributed by atoms with E-state index >= 15 is 0 Å². The molecule has 22 heavy (non-hydrogen) atoms. The quantitative estimate of drug-likeness (QED) is 0.759. The average molecular weight is 356 g/mol. The van der Waals surface area contributed by atoms with Crippen LogP contribution < -0.4 is 0 Å². The zero-order valence-electron chi connectivity index (χ0n) is 11.5. The molecule has 124 valence electrons. The summed E-state index contributed by atoms with van der Waals surface area (Å²) in [5.74, 6) is -1.30. The third kappa shape index (κ3) is 3.18. The van der Waals surface area contributed by atoms with Crippen LogP contribution in [-0.2, 0) is 14.6 Å². The summed E-state index contributed by atoms with van der Waals surface area (Å²) in [7, 11) is -3.92. The summed E-state index contributed by atoms with van der Waals surface area (Å²) in [5.41, 5.74) is 0. The van der Waals surface area contributed by atoms with Crippen LogP contribution in [0.2, 0.25) is 0 Å². The van der Waals surface area contributed by atoms with Crippen LogP contribution in [0.1, 0.15) is 12.8 Å². The molecule has 1 saturated heterocycles. The molecule has 3 atom stereocenters. The molecule has 0 radical (unpaired) electrons. The molecule has 1 heterocycles. The summed E-state index contributed by atoms with van der Waals surface area (Å²) in [6.07, 6.45) is 3.21. The summed E-state index contributed by atoms with van der Waals surface area (Å²) in [6, 6.07) is -1.24. The van der Waals surface area contributed by atoms with Gasteiger partial charge in [-0.25, -0.2) is 17.2 Å². The van der Waals surface area contributed by atoms with Crippen molar-refractivity contribution in [2.24, 2.45) is 0 Å². The van der Waals surface area contributed by atoms with E-state index in [0.29, 0.717) is 0 Å². The first-order chi connectivity index (χ1) is 10.2. The number of carboxylic acid groups (broad SMARTS) is 1. The van der Waals surface area contributed by atoms with Crippen LogP contribution >= 0.6 is 11.6 Å². The second-order valence-electron chi connectivity index (χ2n) is 5.38. The van der Waals surface area contributed by atoms with Crippen molar-refractivity contribution in [1.82, 2.24) is 4.90 Å². The maximum atomic E-state index is 12.7. The molecule has 2 rings (SSSR count). The van der Waals surface area contributed by atoms with Crippen molar-refractivity contribution in [3.05, 3.63) is 24.3 Å². The molecule has 1 N–H and O–H groups in total. The van der Waals surface area contributed by atoms with E-state index < -0.39 is 44.3 Å². The highest BCUT2D eigenvalue weighted by Crippen LogP contribution is 2.38. The monoisotopic (exact) mass is 355 g/mol. The smallest absolute Gasteiger partial charge is 0.320 e. The molecule has 0 aromatic carbocycles. The molecule has 1 fully saturated rings. The Hall–Kier alpha value is -0.990. The van der Waals surface area contributed by atoms with Crippen molar-refractivity contribution in [1.29, 1.82) is 0 Å². The van der Waals surface area contributed by atoms with E-state index in [1.165, 1.54) is 12.2 Å². The Morgan fingerprint density at radius 2 is 2.14 bits per heavy atom. The Morgan fingerprint density at radius 1 is 1.45 bits per heavy atom. The zero-order chi connectivity index (χ0) is 16.5. The fraction of sp³-hybridized carbons (Fsp3) is 0.615. The molecular weight excluding hydrogens is 340 g/mol. The Bertz CT molecular complexity index is 607. The molecule has 0 aromatic rings. The molecule has 0 saturated carbocycles. The first kappa shape index (κ1) is 17.4. The van der Waals surface area contributed by atoms with Crippen LogP contribution in [-0.4, -0.2) is 59.4 Å². The summed E-state index contributed by atoms with van der Waals surface area (Å²) < 4.78 is 48.8. The molecule has 1 aliphatic carbocycles. The number of likely N-dealkylation sites (tertiary alicyclic amines) is 1. The number of hydrogen-bond acceptors (Lipinski definition) is 4. The van der Waals surface area contributed by atoms with E-state index in [0.717, 1.165) is 4.90 Å². The molecule has 0 spiro atoms. The molecule has 0 aromatic heterocycles. The third-order valence-corrected chi connectivity index (χ3v) is 7.32. The van der Waals surface area contributed by atoms with Crippen molar-refractivity contribution in [3.8, 4) is 0 Å². The van der Waals surface area contributed by atoms with Gasteiger partial charge in [0.25, 0.3) is 6.43 Å². The predicted octanol–water partition coefficient (Wildman–Crippen LogP) is 1.65. The summed E-state index contributed by atoms with van der Waals surface area (Å²) in [5, 5.41) is 8.03. The summed E-state index contributed by atoms with van der Waals surface area (Å²) in [4.78, 5) is 12.2. The number of sulfone groups is 1. The summed E-state index contributed by atoms with van der Waals surface area (Å²) >= 11 is 6.19. The van der Waals surface area contributed by atoms with Gasteiger partial charge in [0.15, 0.2) is 14.0 Å². The number of allylic oxidation sites excluding steroid dienone is 3. The van der Waals surface area contributed by atoms with Gasteiger partial charge >= 0.3 is 5.97 Å². The van der Waals surface area contributed by atoms with Gasteiger partial charge in [0.05, 0.1) is 11.8 Å². The van der Waals surface area contributed by atoms with E-state index in [2.05, 4.69) is 0 Å². The number of nitrogens with zero attached hydrogens (tertiary/aromatic N) is 1. The highest BCUT2D eigenvalue weighted by molar-refractivity contribution is 7.95. The van der Waals surface area contributed by atoms with Crippen LogP contribution in [0.25, 0.3) is 0 Å². The van der Waals surface area contributed by atoms with Crippen molar-refractivity contribution < 1.29 is 27.1 Å². The number of rotatable bonds is 5.